The van der Waals surface area contributed by atoms with Crippen LogP contribution in [0.4, 0.5) is 17.1 Å². The van der Waals surface area contributed by atoms with Crippen molar-refractivity contribution in [3.8, 4) is 5.75 Å². The van der Waals surface area contributed by atoms with Crippen LogP contribution in [0, 0.1) is 6.92 Å². The molecule has 0 aliphatic carbocycles. The third kappa shape index (κ3) is 3.94. The predicted molar refractivity (Wildman–Crippen MR) is 110 cm³/mol. The number of aryl methyl sites for hydroxylation is 1. The van der Waals surface area contributed by atoms with Crippen LogP contribution < -0.4 is 19.9 Å². The van der Waals surface area contributed by atoms with Crippen LogP contribution in [-0.4, -0.2) is 37.4 Å². The lowest BCUT2D eigenvalue weighted by Gasteiger charge is -2.22. The Morgan fingerprint density at radius 1 is 1.07 bits per heavy atom. The van der Waals surface area contributed by atoms with Crippen molar-refractivity contribution in [2.45, 2.75) is 26.2 Å². The zero-order valence-electron chi connectivity index (χ0n) is 16.3. The highest BCUT2D eigenvalue weighted by atomic mass is 16.5. The topological polar surface area (TPSA) is 79.0 Å². The van der Waals surface area contributed by atoms with Gasteiger partial charge in [-0.15, -0.1) is 0 Å². The molecule has 0 saturated carbocycles. The lowest BCUT2D eigenvalue weighted by Crippen LogP contribution is -2.37. The Balaban J connectivity index is 1.48. The summed E-state index contributed by atoms with van der Waals surface area (Å²) in [5, 5.41) is 2.85. The molecule has 3 amide bonds. The van der Waals surface area contributed by atoms with Gasteiger partial charge in [0.05, 0.1) is 18.7 Å². The molecule has 2 aromatic carbocycles. The van der Waals surface area contributed by atoms with Crippen molar-refractivity contribution in [2.75, 3.05) is 34.8 Å². The minimum absolute atomic E-state index is 0.0926. The molecule has 29 heavy (non-hydrogen) atoms. The summed E-state index contributed by atoms with van der Waals surface area (Å²) in [5.41, 5.74) is 3.03. The molecular weight excluding hydrogens is 370 g/mol. The van der Waals surface area contributed by atoms with Gasteiger partial charge in [-0.2, -0.15) is 0 Å². The number of fused-ring (bicyclic) bond motifs is 1. The van der Waals surface area contributed by atoms with Crippen LogP contribution in [0.15, 0.2) is 42.5 Å². The highest BCUT2D eigenvalue weighted by Gasteiger charge is 2.26. The first kappa shape index (κ1) is 19.0. The summed E-state index contributed by atoms with van der Waals surface area (Å²) in [5.74, 6) is 0.288. The molecule has 0 unspecified atom stereocenters. The maximum Gasteiger partial charge on any atom is 0.244 e. The van der Waals surface area contributed by atoms with Crippen LogP contribution in [0.3, 0.4) is 0 Å². The number of hydrogen-bond donors (Lipinski definition) is 1. The fraction of sp³-hybridized carbons (Fsp3) is 0.318. The Kier molecular flexibility index (Phi) is 5.20. The van der Waals surface area contributed by atoms with Gasteiger partial charge in [0, 0.05) is 24.3 Å². The van der Waals surface area contributed by atoms with Crippen LogP contribution in [0.5, 0.6) is 5.75 Å². The van der Waals surface area contributed by atoms with Crippen LogP contribution in [-0.2, 0) is 14.4 Å². The number of amides is 3. The number of benzene rings is 2. The number of hydrogen-bond acceptors (Lipinski definition) is 4. The van der Waals surface area contributed by atoms with Crippen molar-refractivity contribution in [3.05, 3.63) is 48.0 Å². The molecule has 0 bridgehead atoms. The fourth-order valence-electron chi connectivity index (χ4n) is 3.78. The van der Waals surface area contributed by atoms with Gasteiger partial charge in [-0.1, -0.05) is 12.1 Å². The van der Waals surface area contributed by atoms with E-state index in [9.17, 15) is 14.4 Å². The van der Waals surface area contributed by atoms with E-state index < -0.39 is 0 Å². The van der Waals surface area contributed by atoms with Crippen molar-refractivity contribution in [2.24, 2.45) is 0 Å². The molecule has 4 rings (SSSR count). The summed E-state index contributed by atoms with van der Waals surface area (Å²) < 4.78 is 5.61. The quantitative estimate of drug-likeness (QED) is 0.866. The van der Waals surface area contributed by atoms with E-state index in [1.807, 2.05) is 31.2 Å². The van der Waals surface area contributed by atoms with E-state index in [-0.39, 0.29) is 30.7 Å². The molecule has 2 aliphatic heterocycles. The fourth-order valence-corrected chi connectivity index (χ4v) is 3.78. The highest BCUT2D eigenvalue weighted by Crippen LogP contribution is 2.31. The van der Waals surface area contributed by atoms with Crippen molar-refractivity contribution in [1.29, 1.82) is 0 Å². The van der Waals surface area contributed by atoms with Gasteiger partial charge in [0.1, 0.15) is 12.3 Å². The SMILES string of the molecule is Cc1cc(NC(=O)CN2C(=O)CCOc3ccccc32)ccc1N1CCCC1=O. The number of para-hydroxylation sites is 2. The van der Waals surface area contributed by atoms with Gasteiger partial charge in [0.2, 0.25) is 17.7 Å². The van der Waals surface area contributed by atoms with E-state index in [1.165, 1.54) is 4.90 Å². The maximum atomic E-state index is 12.6. The first-order valence-electron chi connectivity index (χ1n) is 9.76. The van der Waals surface area contributed by atoms with Gasteiger partial charge >= 0.3 is 0 Å². The van der Waals surface area contributed by atoms with Gasteiger partial charge in [0.15, 0.2) is 0 Å². The lowest BCUT2D eigenvalue weighted by atomic mass is 10.1. The second-order valence-corrected chi connectivity index (χ2v) is 7.24. The van der Waals surface area contributed by atoms with E-state index in [2.05, 4.69) is 5.32 Å². The number of nitrogens with one attached hydrogen (secondary N) is 1. The van der Waals surface area contributed by atoms with E-state index in [4.69, 9.17) is 4.74 Å². The van der Waals surface area contributed by atoms with Crippen molar-refractivity contribution >= 4 is 34.8 Å². The minimum Gasteiger partial charge on any atom is -0.491 e. The minimum atomic E-state index is -0.292. The number of carbonyl (C=O) groups excluding carboxylic acids is 3. The highest BCUT2D eigenvalue weighted by molar-refractivity contribution is 6.04. The van der Waals surface area contributed by atoms with E-state index in [0.717, 1.165) is 24.2 Å². The molecule has 1 saturated heterocycles. The molecule has 2 heterocycles. The summed E-state index contributed by atoms with van der Waals surface area (Å²) >= 11 is 0. The van der Waals surface area contributed by atoms with Gasteiger partial charge < -0.3 is 15.0 Å². The van der Waals surface area contributed by atoms with Crippen molar-refractivity contribution < 1.29 is 19.1 Å². The number of anilines is 3. The molecule has 0 aromatic heterocycles. The third-order valence-electron chi connectivity index (χ3n) is 5.18. The number of carbonyl (C=O) groups is 3. The number of rotatable bonds is 4. The Labute approximate surface area is 169 Å². The smallest absolute Gasteiger partial charge is 0.244 e. The average Bonchev–Trinajstić information content (AvgIpc) is 3.05. The molecule has 2 aromatic rings. The molecule has 2 aliphatic rings. The zero-order chi connectivity index (χ0) is 20.4. The molecule has 0 radical (unpaired) electrons. The predicted octanol–water partition coefficient (Wildman–Crippen LogP) is 2.88. The van der Waals surface area contributed by atoms with Crippen LogP contribution in [0.1, 0.15) is 24.8 Å². The van der Waals surface area contributed by atoms with E-state index in [1.54, 1.807) is 23.1 Å². The molecular formula is C22H23N3O4. The Hall–Kier alpha value is -3.35. The summed E-state index contributed by atoms with van der Waals surface area (Å²) in [6, 6.07) is 12.7. The van der Waals surface area contributed by atoms with E-state index in [0.29, 0.717) is 30.2 Å². The second kappa shape index (κ2) is 7.95. The molecule has 150 valence electrons. The molecule has 1 fully saturated rings. The largest absolute Gasteiger partial charge is 0.491 e. The van der Waals surface area contributed by atoms with E-state index >= 15 is 0 Å². The standard InChI is InChI=1S/C22H23N3O4/c1-15-13-16(8-9-17(15)24-11-4-7-21(24)27)23-20(26)14-25-18-5-2-3-6-19(18)29-12-10-22(25)28/h2-3,5-6,8-9,13H,4,7,10-12,14H2,1H3,(H,23,26). The van der Waals surface area contributed by atoms with Crippen LogP contribution >= 0.6 is 0 Å². The molecule has 7 nitrogen and oxygen atoms in total. The van der Waals surface area contributed by atoms with Crippen LogP contribution in [0.2, 0.25) is 0 Å². The molecule has 7 heteroatoms. The second-order valence-electron chi connectivity index (χ2n) is 7.24. The Morgan fingerprint density at radius 3 is 2.66 bits per heavy atom. The van der Waals surface area contributed by atoms with Gasteiger partial charge in [-0.05, 0) is 49.2 Å². The Bertz CT molecular complexity index is 972. The normalized spacial score (nSPS) is 16.3. The van der Waals surface area contributed by atoms with Gasteiger partial charge in [0.25, 0.3) is 0 Å². The van der Waals surface area contributed by atoms with Gasteiger partial charge in [-0.3, -0.25) is 19.3 Å². The van der Waals surface area contributed by atoms with Gasteiger partial charge in [-0.25, -0.2) is 0 Å². The zero-order valence-corrected chi connectivity index (χ0v) is 16.3. The lowest BCUT2D eigenvalue weighted by molar-refractivity contribution is -0.121. The first-order chi connectivity index (χ1) is 14.0. The summed E-state index contributed by atoms with van der Waals surface area (Å²) in [7, 11) is 0. The number of ether oxygens (including phenoxy) is 1. The molecule has 0 atom stereocenters. The van der Waals surface area contributed by atoms with Crippen molar-refractivity contribution in [3.63, 3.8) is 0 Å². The monoisotopic (exact) mass is 393 g/mol. The van der Waals surface area contributed by atoms with Crippen molar-refractivity contribution in [1.82, 2.24) is 0 Å². The summed E-state index contributed by atoms with van der Waals surface area (Å²) in [6.07, 6.45) is 1.67. The summed E-state index contributed by atoms with van der Waals surface area (Å²) in [4.78, 5) is 40.3. The summed E-state index contributed by atoms with van der Waals surface area (Å²) in [6.45, 7) is 2.85. The average molecular weight is 393 g/mol. The Morgan fingerprint density at radius 2 is 1.90 bits per heavy atom. The molecule has 1 N–H and O–H groups in total. The number of nitrogens with zero attached hydrogens (tertiary/aromatic N) is 2. The first-order valence-corrected chi connectivity index (χ1v) is 9.76. The van der Waals surface area contributed by atoms with Crippen LogP contribution in [0.25, 0.3) is 0 Å². The molecule has 0 spiro atoms. The third-order valence-corrected chi connectivity index (χ3v) is 5.18. The maximum absolute atomic E-state index is 12.6.